The molecule has 0 unspecified atom stereocenters. The highest BCUT2D eigenvalue weighted by Gasteiger charge is 2.22. The summed E-state index contributed by atoms with van der Waals surface area (Å²) in [5, 5.41) is 4.58. The molecule has 0 radical (unpaired) electrons. The third-order valence-electron chi connectivity index (χ3n) is 7.94. The highest BCUT2D eigenvalue weighted by molar-refractivity contribution is 6.23. The van der Waals surface area contributed by atoms with E-state index in [4.69, 9.17) is 15.0 Å². The van der Waals surface area contributed by atoms with Gasteiger partial charge in [-0.1, -0.05) is 54.6 Å². The van der Waals surface area contributed by atoms with Gasteiger partial charge in [0.05, 0.1) is 38.8 Å². The summed E-state index contributed by atoms with van der Waals surface area (Å²) in [6.45, 7) is 0. The van der Waals surface area contributed by atoms with Crippen molar-refractivity contribution in [1.82, 2.24) is 34.1 Å². The fourth-order valence-electron chi connectivity index (χ4n) is 6.14. The average Bonchev–Trinajstić information content (AvgIpc) is 3.58. The molecule has 6 heterocycles. The van der Waals surface area contributed by atoms with Gasteiger partial charge in [-0.25, -0.2) is 15.0 Å². The number of hydrogen-bond acceptors (Lipinski definition) is 5. The molecule has 0 saturated heterocycles. The van der Waals surface area contributed by atoms with Crippen molar-refractivity contribution in [2.24, 2.45) is 0 Å². The number of pyridine rings is 3. The highest BCUT2D eigenvalue weighted by atomic mass is 15.2. The van der Waals surface area contributed by atoms with Crippen molar-refractivity contribution >= 4 is 54.6 Å². The Morgan fingerprint density at radius 1 is 0.476 bits per heavy atom. The quantitative estimate of drug-likeness (QED) is 0.230. The van der Waals surface area contributed by atoms with Crippen LogP contribution in [0.2, 0.25) is 0 Å². The van der Waals surface area contributed by atoms with Crippen LogP contribution in [0.3, 0.4) is 0 Å². The molecule has 9 aromatic rings. The van der Waals surface area contributed by atoms with Gasteiger partial charge in [0.2, 0.25) is 5.95 Å². The van der Waals surface area contributed by atoms with E-state index in [1.54, 1.807) is 6.20 Å². The normalized spacial score (nSPS) is 11.8. The second-order valence-electron chi connectivity index (χ2n) is 10.3. The second-order valence-corrected chi connectivity index (χ2v) is 10.3. The number of fused-ring (bicyclic) bond motifs is 8. The smallest absolute Gasteiger partial charge is 0.235 e. The first-order chi connectivity index (χ1) is 20.8. The summed E-state index contributed by atoms with van der Waals surface area (Å²) >= 11 is 0. The van der Waals surface area contributed by atoms with Gasteiger partial charge in [-0.15, -0.1) is 0 Å². The van der Waals surface area contributed by atoms with Crippen LogP contribution in [0, 0.1) is 0 Å². The SMILES string of the molecule is c1ccc(-n2c3ccccc3c3ccc4c5ccccc5n(-c5nccc(-c6cnc7cccnc7c6)n5)c4c32)nc1. The van der Waals surface area contributed by atoms with E-state index in [1.165, 1.54) is 5.39 Å². The van der Waals surface area contributed by atoms with E-state index >= 15 is 0 Å². The predicted molar refractivity (Wildman–Crippen MR) is 167 cm³/mol. The van der Waals surface area contributed by atoms with Gasteiger partial charge < -0.3 is 0 Å². The molecule has 7 heteroatoms. The lowest BCUT2D eigenvalue weighted by Crippen LogP contribution is -2.04. The molecule has 3 aromatic carbocycles. The Labute approximate surface area is 239 Å². The zero-order chi connectivity index (χ0) is 27.6. The molecule has 196 valence electrons. The third kappa shape index (κ3) is 3.25. The number of para-hydroxylation sites is 2. The minimum absolute atomic E-state index is 0.588. The molecule has 0 bridgehead atoms. The molecule has 0 fully saturated rings. The molecule has 0 N–H and O–H groups in total. The van der Waals surface area contributed by atoms with Gasteiger partial charge >= 0.3 is 0 Å². The summed E-state index contributed by atoms with van der Waals surface area (Å²) in [6.07, 6.45) is 7.28. The highest BCUT2D eigenvalue weighted by Crippen LogP contribution is 2.41. The van der Waals surface area contributed by atoms with Crippen molar-refractivity contribution in [1.29, 1.82) is 0 Å². The molecular formula is C35H21N7. The molecule has 9 rings (SSSR count). The lowest BCUT2D eigenvalue weighted by molar-refractivity contribution is 0.989. The lowest BCUT2D eigenvalue weighted by atomic mass is 10.1. The van der Waals surface area contributed by atoms with Gasteiger partial charge in [-0.3, -0.25) is 19.1 Å². The second kappa shape index (κ2) is 8.78. The van der Waals surface area contributed by atoms with E-state index in [1.807, 2.05) is 55.0 Å². The van der Waals surface area contributed by atoms with Crippen LogP contribution >= 0.6 is 0 Å². The summed E-state index contributed by atoms with van der Waals surface area (Å²) in [4.78, 5) is 23.8. The molecular weight excluding hydrogens is 518 g/mol. The van der Waals surface area contributed by atoms with Crippen LogP contribution in [0.5, 0.6) is 0 Å². The standard InChI is InChI=1S/C35H21N7/c1-3-11-30-23(8-1)25-14-15-26-24-9-2-4-12-31(24)42(34(26)33(25)41(30)32-13-5-6-17-37-32)35-38-19-16-27(40-35)22-20-29-28(39-21-22)10-7-18-36-29/h1-21H. The van der Waals surface area contributed by atoms with Gasteiger partial charge in [0.15, 0.2) is 0 Å². The average molecular weight is 540 g/mol. The summed E-state index contributed by atoms with van der Waals surface area (Å²) in [6, 6.07) is 35.2. The molecule has 42 heavy (non-hydrogen) atoms. The van der Waals surface area contributed by atoms with Gasteiger partial charge in [-0.05, 0) is 48.5 Å². The lowest BCUT2D eigenvalue weighted by Gasteiger charge is -2.11. The van der Waals surface area contributed by atoms with Crippen molar-refractivity contribution < 1.29 is 0 Å². The van der Waals surface area contributed by atoms with Crippen LogP contribution in [0.1, 0.15) is 0 Å². The first-order valence-electron chi connectivity index (χ1n) is 13.8. The molecule has 0 aliphatic rings. The largest absolute Gasteiger partial charge is 0.292 e. The summed E-state index contributed by atoms with van der Waals surface area (Å²) in [7, 11) is 0. The Hall–Kier alpha value is -5.95. The van der Waals surface area contributed by atoms with Crippen LogP contribution in [-0.4, -0.2) is 34.1 Å². The Bertz CT molecular complexity index is 2470. The molecule has 7 nitrogen and oxygen atoms in total. The van der Waals surface area contributed by atoms with Crippen LogP contribution in [-0.2, 0) is 0 Å². The number of rotatable bonds is 3. The molecule has 0 aliphatic heterocycles. The van der Waals surface area contributed by atoms with Gasteiger partial charge in [0, 0.05) is 51.9 Å². The fraction of sp³-hybridized carbons (Fsp3) is 0. The first kappa shape index (κ1) is 22.8. The maximum atomic E-state index is 5.11. The Balaban J connectivity index is 1.41. The molecule has 0 spiro atoms. The van der Waals surface area contributed by atoms with Crippen LogP contribution in [0.25, 0.3) is 77.7 Å². The van der Waals surface area contributed by atoms with Gasteiger partial charge in [0.1, 0.15) is 5.82 Å². The van der Waals surface area contributed by atoms with E-state index in [2.05, 4.69) is 85.8 Å². The topological polar surface area (TPSA) is 74.3 Å². The fourth-order valence-corrected chi connectivity index (χ4v) is 6.14. The van der Waals surface area contributed by atoms with E-state index in [9.17, 15) is 0 Å². The maximum absolute atomic E-state index is 5.11. The van der Waals surface area contributed by atoms with Gasteiger partial charge in [0.25, 0.3) is 0 Å². The van der Waals surface area contributed by atoms with Crippen molar-refractivity contribution in [3.8, 4) is 23.0 Å². The molecule has 0 saturated carbocycles. The van der Waals surface area contributed by atoms with Crippen molar-refractivity contribution in [2.45, 2.75) is 0 Å². The van der Waals surface area contributed by atoms with Crippen LogP contribution in [0.15, 0.2) is 128 Å². The van der Waals surface area contributed by atoms with E-state index < -0.39 is 0 Å². The number of nitrogens with zero attached hydrogens (tertiary/aromatic N) is 7. The molecule has 0 atom stereocenters. The molecule has 0 aliphatic carbocycles. The van der Waals surface area contributed by atoms with E-state index in [-0.39, 0.29) is 0 Å². The van der Waals surface area contributed by atoms with Crippen molar-refractivity contribution in [2.75, 3.05) is 0 Å². The number of benzene rings is 3. The van der Waals surface area contributed by atoms with Crippen LogP contribution < -0.4 is 0 Å². The van der Waals surface area contributed by atoms with Gasteiger partial charge in [-0.2, -0.15) is 0 Å². The summed E-state index contributed by atoms with van der Waals surface area (Å²) in [5.74, 6) is 1.45. The Kier molecular flexibility index (Phi) is 4.77. The first-order valence-corrected chi connectivity index (χ1v) is 13.8. The van der Waals surface area contributed by atoms with E-state index in [0.29, 0.717) is 5.95 Å². The van der Waals surface area contributed by atoms with Crippen molar-refractivity contribution in [3.05, 3.63) is 128 Å². The zero-order valence-electron chi connectivity index (χ0n) is 22.3. The summed E-state index contributed by atoms with van der Waals surface area (Å²) in [5.41, 5.74) is 7.58. The molecule has 0 amide bonds. The Morgan fingerprint density at radius 3 is 1.98 bits per heavy atom. The summed E-state index contributed by atoms with van der Waals surface area (Å²) < 4.78 is 4.44. The van der Waals surface area contributed by atoms with Crippen LogP contribution in [0.4, 0.5) is 0 Å². The molecule has 6 aromatic heterocycles. The van der Waals surface area contributed by atoms with E-state index in [0.717, 1.165) is 66.3 Å². The monoisotopic (exact) mass is 539 g/mol. The zero-order valence-corrected chi connectivity index (χ0v) is 22.3. The number of aromatic nitrogens is 7. The van der Waals surface area contributed by atoms with Crippen molar-refractivity contribution in [3.63, 3.8) is 0 Å². The number of hydrogen-bond donors (Lipinski definition) is 0. The maximum Gasteiger partial charge on any atom is 0.235 e. The minimum atomic E-state index is 0.588. The third-order valence-corrected chi connectivity index (χ3v) is 7.94. The predicted octanol–water partition coefficient (Wildman–Crippen LogP) is 7.68. The Morgan fingerprint density at radius 2 is 1.19 bits per heavy atom. The minimum Gasteiger partial charge on any atom is -0.292 e.